The van der Waals surface area contributed by atoms with Crippen LogP contribution in [0.1, 0.15) is 30.4 Å². The highest BCUT2D eigenvalue weighted by molar-refractivity contribution is 5.49. The normalized spacial score (nSPS) is 11.0. The van der Waals surface area contributed by atoms with Crippen LogP contribution >= 0.6 is 0 Å². The third-order valence-corrected chi connectivity index (χ3v) is 3.44. The van der Waals surface area contributed by atoms with Gasteiger partial charge in [-0.15, -0.1) is 0 Å². The van der Waals surface area contributed by atoms with Crippen LogP contribution in [-0.4, -0.2) is 18.3 Å². The second-order valence-electron chi connectivity index (χ2n) is 5.27. The van der Waals surface area contributed by atoms with Gasteiger partial charge in [-0.2, -0.15) is 0 Å². The number of benzene rings is 2. The summed E-state index contributed by atoms with van der Waals surface area (Å²) < 4.78 is 5.66. The Hall–Kier alpha value is -2.06. The van der Waals surface area contributed by atoms with Crippen LogP contribution < -0.4 is 4.74 Å². The average Bonchev–Trinajstić information content (AvgIpc) is 2.58. The Labute approximate surface area is 133 Å². The molecule has 0 saturated heterocycles. The van der Waals surface area contributed by atoms with Crippen LogP contribution in [0.3, 0.4) is 0 Å². The first-order chi connectivity index (χ1) is 10.9. The summed E-state index contributed by atoms with van der Waals surface area (Å²) in [6, 6.07) is 18.4. The molecule has 0 aliphatic heterocycles. The van der Waals surface area contributed by atoms with Gasteiger partial charge in [0, 0.05) is 6.61 Å². The molecule has 0 spiro atoms. The van der Waals surface area contributed by atoms with Crippen molar-refractivity contribution in [1.29, 1.82) is 0 Å². The molecule has 2 rings (SSSR count). The van der Waals surface area contributed by atoms with Gasteiger partial charge < -0.3 is 9.84 Å². The highest BCUT2D eigenvalue weighted by Crippen LogP contribution is 2.10. The first kappa shape index (κ1) is 16.3. The van der Waals surface area contributed by atoms with Gasteiger partial charge >= 0.3 is 0 Å². The number of hydrogen-bond acceptors (Lipinski definition) is 2. The lowest BCUT2D eigenvalue weighted by atomic mass is 10.1. The molecule has 0 radical (unpaired) electrons. The van der Waals surface area contributed by atoms with E-state index in [1.54, 1.807) is 0 Å². The minimum Gasteiger partial charge on any atom is -0.494 e. The lowest BCUT2D eigenvalue weighted by Gasteiger charge is -2.04. The summed E-state index contributed by atoms with van der Waals surface area (Å²) in [4.78, 5) is 0. The van der Waals surface area contributed by atoms with Crippen LogP contribution in [0.25, 0.3) is 6.08 Å². The molecule has 0 aromatic heterocycles. The number of rotatable bonds is 9. The number of hydrogen-bond donors (Lipinski definition) is 1. The minimum atomic E-state index is 0.257. The monoisotopic (exact) mass is 296 g/mol. The van der Waals surface area contributed by atoms with Crippen LogP contribution in [0, 0.1) is 0 Å². The Bertz CT molecular complexity index is 544. The van der Waals surface area contributed by atoms with Crippen molar-refractivity contribution < 1.29 is 9.84 Å². The first-order valence-electron chi connectivity index (χ1n) is 7.92. The van der Waals surface area contributed by atoms with Crippen LogP contribution in [0.15, 0.2) is 60.7 Å². The van der Waals surface area contributed by atoms with Gasteiger partial charge in [0.25, 0.3) is 0 Å². The van der Waals surface area contributed by atoms with Crippen LogP contribution in [0.2, 0.25) is 0 Å². The zero-order valence-corrected chi connectivity index (χ0v) is 12.9. The molecule has 0 amide bonds. The maximum atomic E-state index is 8.82. The predicted molar refractivity (Wildman–Crippen MR) is 92.1 cm³/mol. The topological polar surface area (TPSA) is 29.5 Å². The number of unbranched alkanes of at least 4 members (excludes halogenated alkanes) is 1. The summed E-state index contributed by atoms with van der Waals surface area (Å²) in [6.07, 6.45) is 8.14. The van der Waals surface area contributed by atoms with E-state index in [0.29, 0.717) is 0 Å². The molecule has 0 saturated carbocycles. The van der Waals surface area contributed by atoms with E-state index in [4.69, 9.17) is 9.84 Å². The minimum absolute atomic E-state index is 0.257. The van der Waals surface area contributed by atoms with Gasteiger partial charge in [-0.3, -0.25) is 0 Å². The zero-order chi connectivity index (χ0) is 15.5. The van der Waals surface area contributed by atoms with E-state index >= 15 is 0 Å². The smallest absolute Gasteiger partial charge is 0.119 e. The molecule has 0 unspecified atom stereocenters. The SMILES string of the molecule is OCCCc1ccc(/C=C\CCCOc2ccccc2)cc1. The van der Waals surface area contributed by atoms with Gasteiger partial charge in [0.1, 0.15) is 5.75 Å². The molecule has 0 bridgehead atoms. The van der Waals surface area contributed by atoms with Crippen molar-refractivity contribution in [3.8, 4) is 5.75 Å². The Kier molecular flexibility index (Phi) is 7.27. The quantitative estimate of drug-likeness (QED) is 0.691. The highest BCUT2D eigenvalue weighted by Gasteiger charge is 1.93. The first-order valence-corrected chi connectivity index (χ1v) is 7.92. The molecule has 0 aliphatic rings. The molecule has 0 fully saturated rings. The van der Waals surface area contributed by atoms with E-state index < -0.39 is 0 Å². The third-order valence-electron chi connectivity index (χ3n) is 3.44. The molecule has 0 aliphatic carbocycles. The van der Waals surface area contributed by atoms with Crippen LogP contribution in [0.5, 0.6) is 5.75 Å². The average molecular weight is 296 g/mol. The summed E-state index contributed by atoms with van der Waals surface area (Å²) in [7, 11) is 0. The second-order valence-corrected chi connectivity index (χ2v) is 5.27. The molecule has 2 nitrogen and oxygen atoms in total. The Morgan fingerprint density at radius 1 is 0.909 bits per heavy atom. The van der Waals surface area contributed by atoms with Gasteiger partial charge in [-0.05, 0) is 48.9 Å². The lowest BCUT2D eigenvalue weighted by molar-refractivity contribution is 0.288. The fourth-order valence-electron chi connectivity index (χ4n) is 2.21. The number of para-hydroxylation sites is 1. The molecule has 1 N–H and O–H groups in total. The van der Waals surface area contributed by atoms with Gasteiger partial charge in [0.15, 0.2) is 0 Å². The summed E-state index contributed by atoms with van der Waals surface area (Å²) in [5, 5.41) is 8.82. The molecular formula is C20H24O2. The van der Waals surface area contributed by atoms with E-state index in [1.165, 1.54) is 11.1 Å². The van der Waals surface area contributed by atoms with E-state index in [9.17, 15) is 0 Å². The maximum Gasteiger partial charge on any atom is 0.119 e. The third kappa shape index (κ3) is 6.15. The maximum absolute atomic E-state index is 8.82. The fourth-order valence-corrected chi connectivity index (χ4v) is 2.21. The molecular weight excluding hydrogens is 272 g/mol. The van der Waals surface area contributed by atoms with Crippen molar-refractivity contribution in [2.24, 2.45) is 0 Å². The molecule has 0 heterocycles. The number of aliphatic hydroxyl groups excluding tert-OH is 1. The van der Waals surface area contributed by atoms with E-state index in [0.717, 1.165) is 38.0 Å². The van der Waals surface area contributed by atoms with Crippen molar-refractivity contribution in [2.45, 2.75) is 25.7 Å². The largest absolute Gasteiger partial charge is 0.494 e. The van der Waals surface area contributed by atoms with E-state index in [-0.39, 0.29) is 6.61 Å². The summed E-state index contributed by atoms with van der Waals surface area (Å²) in [5.74, 6) is 0.935. The Morgan fingerprint density at radius 2 is 1.68 bits per heavy atom. The number of allylic oxidation sites excluding steroid dienone is 1. The summed E-state index contributed by atoms with van der Waals surface area (Å²) >= 11 is 0. The second kappa shape index (κ2) is 9.80. The Balaban J connectivity index is 1.65. The van der Waals surface area contributed by atoms with E-state index in [1.807, 2.05) is 30.3 Å². The molecule has 2 heteroatoms. The number of ether oxygens (including phenoxy) is 1. The number of aliphatic hydroxyl groups is 1. The lowest BCUT2D eigenvalue weighted by Crippen LogP contribution is -1.95. The Morgan fingerprint density at radius 3 is 2.41 bits per heavy atom. The standard InChI is InChI=1S/C20H24O2/c21-16-7-9-19-14-12-18(13-15-19)8-3-2-6-17-22-20-10-4-1-5-11-20/h1,3-5,8,10-15,21H,2,6-7,9,16-17H2/b8-3-. The van der Waals surface area contributed by atoms with Gasteiger partial charge in [0.05, 0.1) is 6.61 Å². The summed E-state index contributed by atoms with van der Waals surface area (Å²) in [6.45, 7) is 1.00. The van der Waals surface area contributed by atoms with Gasteiger partial charge in [-0.25, -0.2) is 0 Å². The molecule has 116 valence electrons. The van der Waals surface area contributed by atoms with Gasteiger partial charge in [-0.1, -0.05) is 54.6 Å². The van der Waals surface area contributed by atoms with Crippen molar-refractivity contribution in [3.05, 3.63) is 71.8 Å². The molecule has 22 heavy (non-hydrogen) atoms. The van der Waals surface area contributed by atoms with Crippen LogP contribution in [0.4, 0.5) is 0 Å². The fraction of sp³-hybridized carbons (Fsp3) is 0.300. The van der Waals surface area contributed by atoms with Crippen molar-refractivity contribution in [1.82, 2.24) is 0 Å². The van der Waals surface area contributed by atoms with Crippen molar-refractivity contribution in [3.63, 3.8) is 0 Å². The number of aryl methyl sites for hydroxylation is 1. The van der Waals surface area contributed by atoms with Crippen molar-refractivity contribution in [2.75, 3.05) is 13.2 Å². The van der Waals surface area contributed by atoms with Gasteiger partial charge in [0.2, 0.25) is 0 Å². The highest BCUT2D eigenvalue weighted by atomic mass is 16.5. The molecule has 0 atom stereocenters. The molecule has 2 aromatic rings. The van der Waals surface area contributed by atoms with Crippen molar-refractivity contribution >= 4 is 6.08 Å². The zero-order valence-electron chi connectivity index (χ0n) is 12.9. The summed E-state index contributed by atoms with van der Waals surface area (Å²) in [5.41, 5.74) is 2.50. The molecule has 2 aromatic carbocycles. The van der Waals surface area contributed by atoms with E-state index in [2.05, 4.69) is 36.4 Å². The van der Waals surface area contributed by atoms with Crippen LogP contribution in [-0.2, 0) is 6.42 Å². The predicted octanol–water partition coefficient (Wildman–Crippen LogP) is 4.48.